The Kier molecular flexibility index (Phi) is 4.81. The molecule has 0 aliphatic heterocycles. The van der Waals surface area contributed by atoms with Crippen LogP contribution in [0.1, 0.15) is 39.0 Å². The van der Waals surface area contributed by atoms with Gasteiger partial charge in [0.25, 0.3) is 0 Å². The van der Waals surface area contributed by atoms with Crippen molar-refractivity contribution in [2.45, 2.75) is 47.1 Å². The van der Waals surface area contributed by atoms with Gasteiger partial charge in [-0.1, -0.05) is 13.8 Å². The number of rotatable bonds is 6. The molecule has 2 aromatic heterocycles. The van der Waals surface area contributed by atoms with Crippen molar-refractivity contribution in [3.63, 3.8) is 0 Å². The maximum absolute atomic E-state index is 4.62. The molecule has 0 aliphatic carbocycles. The number of hydrogen-bond donors (Lipinski definition) is 2. The third-order valence-corrected chi connectivity index (χ3v) is 4.00. The van der Waals surface area contributed by atoms with Crippen molar-refractivity contribution in [2.75, 3.05) is 17.2 Å². The Balaban J connectivity index is 2.33. The van der Waals surface area contributed by atoms with Gasteiger partial charge in [0.05, 0.1) is 5.39 Å². The van der Waals surface area contributed by atoms with Crippen molar-refractivity contribution in [3.8, 4) is 0 Å². The average molecular weight is 292 g/mol. The number of anilines is 2. The third-order valence-electron chi connectivity index (χ3n) is 3.06. The quantitative estimate of drug-likeness (QED) is 0.834. The fourth-order valence-corrected chi connectivity index (χ4v) is 3.27. The summed E-state index contributed by atoms with van der Waals surface area (Å²) >= 11 is 1.72. The van der Waals surface area contributed by atoms with Gasteiger partial charge in [0.2, 0.25) is 5.95 Å². The van der Waals surface area contributed by atoms with E-state index in [0.29, 0.717) is 17.9 Å². The fourth-order valence-electron chi connectivity index (χ4n) is 2.39. The van der Waals surface area contributed by atoms with Crippen molar-refractivity contribution in [1.29, 1.82) is 0 Å². The van der Waals surface area contributed by atoms with E-state index < -0.39 is 0 Å². The predicted molar refractivity (Wildman–Crippen MR) is 88.9 cm³/mol. The van der Waals surface area contributed by atoms with E-state index in [1.54, 1.807) is 11.3 Å². The van der Waals surface area contributed by atoms with E-state index in [4.69, 9.17) is 0 Å². The van der Waals surface area contributed by atoms with E-state index in [-0.39, 0.29) is 0 Å². The lowest BCUT2D eigenvalue weighted by molar-refractivity contribution is 0.539. The molecular weight excluding hydrogens is 268 g/mol. The Morgan fingerprint density at radius 2 is 2.00 bits per heavy atom. The summed E-state index contributed by atoms with van der Waals surface area (Å²) in [6.45, 7) is 11.7. The molecule has 0 bridgehead atoms. The Labute approximate surface area is 125 Å². The summed E-state index contributed by atoms with van der Waals surface area (Å²) in [4.78, 5) is 11.5. The summed E-state index contributed by atoms with van der Waals surface area (Å²) in [5, 5.41) is 7.88. The highest BCUT2D eigenvalue weighted by Gasteiger charge is 2.13. The molecule has 20 heavy (non-hydrogen) atoms. The molecule has 4 nitrogen and oxygen atoms in total. The molecule has 2 heterocycles. The van der Waals surface area contributed by atoms with Gasteiger partial charge in [-0.15, -0.1) is 11.3 Å². The van der Waals surface area contributed by atoms with Gasteiger partial charge in [-0.05, 0) is 39.2 Å². The number of nitrogens with zero attached hydrogens (tertiary/aromatic N) is 2. The van der Waals surface area contributed by atoms with Gasteiger partial charge in [-0.25, -0.2) is 4.98 Å². The fraction of sp³-hybridized carbons (Fsp3) is 0.600. The SMILES string of the molecule is CCNc1nc(NC(C)CC(C)C)c2cc(C)sc2n1. The normalized spacial score (nSPS) is 12.9. The first-order valence-electron chi connectivity index (χ1n) is 7.28. The number of fused-ring (bicyclic) bond motifs is 1. The number of thiophene rings is 1. The highest BCUT2D eigenvalue weighted by molar-refractivity contribution is 7.18. The van der Waals surface area contributed by atoms with Crippen LogP contribution >= 0.6 is 11.3 Å². The van der Waals surface area contributed by atoms with E-state index in [0.717, 1.165) is 29.0 Å². The first-order chi connectivity index (χ1) is 9.49. The minimum atomic E-state index is 0.405. The topological polar surface area (TPSA) is 49.8 Å². The van der Waals surface area contributed by atoms with Gasteiger partial charge < -0.3 is 10.6 Å². The highest BCUT2D eigenvalue weighted by Crippen LogP contribution is 2.30. The Hall–Kier alpha value is -1.36. The summed E-state index contributed by atoms with van der Waals surface area (Å²) in [6, 6.07) is 2.57. The molecule has 0 aromatic carbocycles. The highest BCUT2D eigenvalue weighted by atomic mass is 32.1. The first-order valence-corrected chi connectivity index (χ1v) is 8.09. The van der Waals surface area contributed by atoms with Crippen molar-refractivity contribution < 1.29 is 0 Å². The van der Waals surface area contributed by atoms with Crippen LogP contribution in [0, 0.1) is 12.8 Å². The van der Waals surface area contributed by atoms with Gasteiger partial charge in [0.15, 0.2) is 0 Å². The lowest BCUT2D eigenvalue weighted by Gasteiger charge is -2.17. The molecule has 0 aliphatic rings. The number of nitrogens with one attached hydrogen (secondary N) is 2. The van der Waals surface area contributed by atoms with E-state index in [9.17, 15) is 0 Å². The lowest BCUT2D eigenvalue weighted by atomic mass is 10.1. The zero-order valence-electron chi connectivity index (χ0n) is 12.9. The second kappa shape index (κ2) is 6.39. The number of hydrogen-bond acceptors (Lipinski definition) is 5. The summed E-state index contributed by atoms with van der Waals surface area (Å²) in [6.07, 6.45) is 1.13. The monoisotopic (exact) mass is 292 g/mol. The van der Waals surface area contributed by atoms with Crippen LogP contribution in [0.15, 0.2) is 6.07 Å². The molecular formula is C15H24N4S. The summed E-state index contributed by atoms with van der Waals surface area (Å²) in [7, 11) is 0. The van der Waals surface area contributed by atoms with Crippen LogP contribution in [-0.4, -0.2) is 22.6 Å². The largest absolute Gasteiger partial charge is 0.367 e. The molecule has 110 valence electrons. The molecule has 2 N–H and O–H groups in total. The minimum Gasteiger partial charge on any atom is -0.367 e. The maximum atomic E-state index is 4.62. The molecule has 0 amide bonds. The predicted octanol–water partition coefficient (Wildman–Crippen LogP) is 4.28. The van der Waals surface area contributed by atoms with Crippen LogP contribution in [-0.2, 0) is 0 Å². The van der Waals surface area contributed by atoms with Crippen molar-refractivity contribution >= 4 is 33.3 Å². The van der Waals surface area contributed by atoms with E-state index in [1.807, 2.05) is 0 Å². The number of aryl methyl sites for hydroxylation is 1. The zero-order valence-corrected chi connectivity index (χ0v) is 13.8. The van der Waals surface area contributed by atoms with Crippen molar-refractivity contribution in [1.82, 2.24) is 9.97 Å². The summed E-state index contributed by atoms with van der Waals surface area (Å²) in [5.74, 6) is 2.33. The molecule has 2 aromatic rings. The average Bonchev–Trinajstić information content (AvgIpc) is 2.69. The van der Waals surface area contributed by atoms with Gasteiger partial charge in [0.1, 0.15) is 10.6 Å². The third kappa shape index (κ3) is 3.60. The van der Waals surface area contributed by atoms with Crippen LogP contribution in [0.2, 0.25) is 0 Å². The maximum Gasteiger partial charge on any atom is 0.226 e. The van der Waals surface area contributed by atoms with Crippen LogP contribution in [0.3, 0.4) is 0 Å². The summed E-state index contributed by atoms with van der Waals surface area (Å²) in [5.41, 5.74) is 0. The van der Waals surface area contributed by atoms with E-state index in [2.05, 4.69) is 61.3 Å². The van der Waals surface area contributed by atoms with Crippen LogP contribution in [0.4, 0.5) is 11.8 Å². The molecule has 1 unspecified atom stereocenters. The molecule has 0 radical (unpaired) electrons. The van der Waals surface area contributed by atoms with Crippen LogP contribution in [0.5, 0.6) is 0 Å². The molecule has 0 saturated heterocycles. The molecule has 1 atom stereocenters. The van der Waals surface area contributed by atoms with Gasteiger partial charge >= 0.3 is 0 Å². The zero-order chi connectivity index (χ0) is 14.7. The summed E-state index contributed by atoms with van der Waals surface area (Å²) < 4.78 is 0. The van der Waals surface area contributed by atoms with Gasteiger partial charge in [0, 0.05) is 17.5 Å². The number of aromatic nitrogens is 2. The Morgan fingerprint density at radius 1 is 1.25 bits per heavy atom. The van der Waals surface area contributed by atoms with Gasteiger partial charge in [-0.3, -0.25) is 0 Å². The second-order valence-corrected chi connectivity index (χ2v) is 6.91. The Bertz CT molecular complexity index is 577. The van der Waals surface area contributed by atoms with Crippen molar-refractivity contribution in [2.24, 2.45) is 5.92 Å². The molecule has 0 saturated carbocycles. The van der Waals surface area contributed by atoms with Crippen molar-refractivity contribution in [3.05, 3.63) is 10.9 Å². The van der Waals surface area contributed by atoms with E-state index >= 15 is 0 Å². The molecule has 5 heteroatoms. The molecule has 0 spiro atoms. The second-order valence-electron chi connectivity index (χ2n) is 5.68. The van der Waals surface area contributed by atoms with E-state index in [1.165, 1.54) is 4.88 Å². The Morgan fingerprint density at radius 3 is 2.65 bits per heavy atom. The molecule has 2 rings (SSSR count). The van der Waals surface area contributed by atoms with Gasteiger partial charge in [-0.2, -0.15) is 4.98 Å². The smallest absolute Gasteiger partial charge is 0.226 e. The molecule has 0 fully saturated rings. The van der Waals surface area contributed by atoms with Crippen LogP contribution in [0.25, 0.3) is 10.2 Å². The minimum absolute atomic E-state index is 0.405. The lowest BCUT2D eigenvalue weighted by Crippen LogP contribution is -2.19. The van der Waals surface area contributed by atoms with Crippen LogP contribution < -0.4 is 10.6 Å². The standard InChI is InChI=1S/C15H24N4S/c1-6-16-15-18-13(17-10(4)7-9(2)3)12-8-11(5)20-14(12)19-15/h8-10H,6-7H2,1-5H3,(H2,16,17,18,19). The first kappa shape index (κ1) is 15.0.